The van der Waals surface area contributed by atoms with Gasteiger partial charge in [-0.15, -0.1) is 23.4 Å². The molecule has 0 amide bonds. The summed E-state index contributed by atoms with van der Waals surface area (Å²) in [5, 5.41) is 23.7. The standard InChI is InChI=1S/C20H19F3N4O2/c21-20(22,23)29-13-6-7-15(17(28)10-13)18-14-8-9-24-11-16(14)19(27-26-18)25-12-4-2-1-3-5-12/h6-12,28H,1-5H2,(H,25,27). The minimum atomic E-state index is -4.83. The molecule has 0 spiro atoms. The molecule has 1 aromatic carbocycles. The number of hydrogen-bond acceptors (Lipinski definition) is 6. The largest absolute Gasteiger partial charge is 0.573 e. The van der Waals surface area contributed by atoms with Gasteiger partial charge in [-0.05, 0) is 31.0 Å². The van der Waals surface area contributed by atoms with Crippen molar-refractivity contribution in [1.29, 1.82) is 0 Å². The molecule has 1 saturated carbocycles. The van der Waals surface area contributed by atoms with Crippen molar-refractivity contribution in [3.63, 3.8) is 0 Å². The molecule has 1 fully saturated rings. The highest BCUT2D eigenvalue weighted by molar-refractivity contribution is 6.00. The van der Waals surface area contributed by atoms with Crippen LogP contribution in [0.2, 0.25) is 0 Å². The molecule has 6 nitrogen and oxygen atoms in total. The first-order chi connectivity index (χ1) is 13.9. The molecule has 2 aromatic heterocycles. The van der Waals surface area contributed by atoms with Gasteiger partial charge in [-0.2, -0.15) is 0 Å². The van der Waals surface area contributed by atoms with Crippen molar-refractivity contribution in [3.8, 4) is 22.8 Å². The summed E-state index contributed by atoms with van der Waals surface area (Å²) in [5.41, 5.74) is 0.611. The Labute approximate surface area is 164 Å². The third-order valence-electron chi connectivity index (χ3n) is 4.99. The number of hydrogen-bond donors (Lipinski definition) is 2. The molecular weight excluding hydrogens is 385 g/mol. The Bertz CT molecular complexity index is 1020. The molecule has 3 aromatic rings. The molecule has 2 N–H and O–H groups in total. The molecule has 4 rings (SSSR count). The zero-order valence-electron chi connectivity index (χ0n) is 15.4. The van der Waals surface area contributed by atoms with Gasteiger partial charge in [0.1, 0.15) is 17.2 Å². The minimum absolute atomic E-state index is 0.257. The van der Waals surface area contributed by atoms with Crippen molar-refractivity contribution in [2.75, 3.05) is 5.32 Å². The van der Waals surface area contributed by atoms with E-state index in [1.54, 1.807) is 18.5 Å². The molecule has 0 unspecified atom stereocenters. The Hall–Kier alpha value is -3.10. The maximum atomic E-state index is 12.4. The van der Waals surface area contributed by atoms with Gasteiger partial charge < -0.3 is 15.2 Å². The quantitative estimate of drug-likeness (QED) is 0.634. The van der Waals surface area contributed by atoms with E-state index in [-0.39, 0.29) is 11.3 Å². The Kier molecular flexibility index (Phi) is 5.12. The summed E-state index contributed by atoms with van der Waals surface area (Å²) in [6.45, 7) is 0. The molecule has 152 valence electrons. The number of ether oxygens (including phenoxy) is 1. The number of pyridine rings is 1. The number of rotatable bonds is 4. The van der Waals surface area contributed by atoms with Crippen LogP contribution in [0, 0.1) is 0 Å². The molecule has 9 heteroatoms. The number of aromatic nitrogens is 3. The Balaban J connectivity index is 1.71. The number of anilines is 1. The van der Waals surface area contributed by atoms with Crippen LogP contribution in [-0.2, 0) is 0 Å². The first kappa shape index (κ1) is 19.2. The minimum Gasteiger partial charge on any atom is -0.507 e. The second-order valence-corrected chi connectivity index (χ2v) is 7.02. The van der Waals surface area contributed by atoms with E-state index in [4.69, 9.17) is 0 Å². The van der Waals surface area contributed by atoms with Crippen LogP contribution in [0.4, 0.5) is 19.0 Å². The lowest BCUT2D eigenvalue weighted by Crippen LogP contribution is -2.23. The number of phenolic OH excluding ortho intramolecular Hbond substituents is 1. The summed E-state index contributed by atoms with van der Waals surface area (Å²) in [6.07, 6.45) is 4.11. The molecule has 1 aliphatic carbocycles. The van der Waals surface area contributed by atoms with Crippen molar-refractivity contribution < 1.29 is 23.0 Å². The number of phenols is 1. The normalized spacial score (nSPS) is 15.4. The van der Waals surface area contributed by atoms with E-state index in [0.717, 1.165) is 30.4 Å². The fourth-order valence-electron chi connectivity index (χ4n) is 3.65. The summed E-state index contributed by atoms with van der Waals surface area (Å²) >= 11 is 0. The van der Waals surface area contributed by atoms with E-state index in [9.17, 15) is 18.3 Å². The van der Waals surface area contributed by atoms with E-state index < -0.39 is 12.1 Å². The first-order valence-corrected chi connectivity index (χ1v) is 9.37. The highest BCUT2D eigenvalue weighted by Crippen LogP contribution is 2.37. The van der Waals surface area contributed by atoms with Crippen LogP contribution in [0.1, 0.15) is 32.1 Å². The zero-order valence-corrected chi connectivity index (χ0v) is 15.4. The first-order valence-electron chi connectivity index (χ1n) is 9.37. The second-order valence-electron chi connectivity index (χ2n) is 7.02. The molecule has 0 bridgehead atoms. The van der Waals surface area contributed by atoms with Crippen LogP contribution in [0.25, 0.3) is 22.0 Å². The lowest BCUT2D eigenvalue weighted by Gasteiger charge is -2.23. The molecule has 1 aliphatic rings. The number of nitrogens with one attached hydrogen (secondary N) is 1. The molecular formula is C20H19F3N4O2. The van der Waals surface area contributed by atoms with Crippen molar-refractivity contribution in [1.82, 2.24) is 15.2 Å². The Morgan fingerprint density at radius 2 is 1.83 bits per heavy atom. The number of alkyl halides is 3. The molecule has 29 heavy (non-hydrogen) atoms. The van der Waals surface area contributed by atoms with Gasteiger partial charge in [0.05, 0.1) is 0 Å². The van der Waals surface area contributed by atoms with Crippen LogP contribution in [-0.4, -0.2) is 32.7 Å². The van der Waals surface area contributed by atoms with E-state index in [1.165, 1.54) is 25.3 Å². The van der Waals surface area contributed by atoms with E-state index in [1.807, 2.05) is 0 Å². The van der Waals surface area contributed by atoms with E-state index >= 15 is 0 Å². The lowest BCUT2D eigenvalue weighted by atomic mass is 9.95. The topological polar surface area (TPSA) is 80.2 Å². The molecule has 0 atom stereocenters. The van der Waals surface area contributed by atoms with Gasteiger partial charge in [0.2, 0.25) is 0 Å². The van der Waals surface area contributed by atoms with Gasteiger partial charge in [-0.1, -0.05) is 19.3 Å². The predicted molar refractivity (Wildman–Crippen MR) is 102 cm³/mol. The maximum Gasteiger partial charge on any atom is 0.573 e. The summed E-state index contributed by atoms with van der Waals surface area (Å²) in [5.74, 6) is -0.277. The van der Waals surface area contributed by atoms with Gasteiger partial charge in [0, 0.05) is 40.8 Å². The van der Waals surface area contributed by atoms with Crippen LogP contribution in [0.15, 0.2) is 36.7 Å². The fourth-order valence-corrected chi connectivity index (χ4v) is 3.65. The van der Waals surface area contributed by atoms with Gasteiger partial charge in [-0.3, -0.25) is 4.98 Å². The number of aromatic hydroxyl groups is 1. The van der Waals surface area contributed by atoms with Gasteiger partial charge >= 0.3 is 6.36 Å². The average Bonchev–Trinajstić information content (AvgIpc) is 2.68. The molecule has 2 heterocycles. The number of fused-ring (bicyclic) bond motifs is 1. The Morgan fingerprint density at radius 1 is 1.03 bits per heavy atom. The van der Waals surface area contributed by atoms with Crippen molar-refractivity contribution in [2.24, 2.45) is 0 Å². The molecule has 0 saturated heterocycles. The maximum absolute atomic E-state index is 12.4. The fraction of sp³-hybridized carbons (Fsp3) is 0.350. The van der Waals surface area contributed by atoms with Gasteiger partial charge in [0.15, 0.2) is 5.82 Å². The number of nitrogens with zero attached hydrogens (tertiary/aromatic N) is 3. The van der Waals surface area contributed by atoms with Crippen molar-refractivity contribution in [3.05, 3.63) is 36.7 Å². The van der Waals surface area contributed by atoms with E-state index in [0.29, 0.717) is 22.9 Å². The monoisotopic (exact) mass is 404 g/mol. The number of benzene rings is 1. The van der Waals surface area contributed by atoms with Crippen LogP contribution < -0.4 is 10.1 Å². The summed E-state index contributed by atoms with van der Waals surface area (Å²) in [7, 11) is 0. The van der Waals surface area contributed by atoms with Crippen LogP contribution >= 0.6 is 0 Å². The van der Waals surface area contributed by atoms with Crippen molar-refractivity contribution >= 4 is 16.6 Å². The SMILES string of the molecule is Oc1cc(OC(F)(F)F)ccc1-c1nnc(NC2CCCCC2)c2cnccc12. The summed E-state index contributed by atoms with van der Waals surface area (Å²) < 4.78 is 41.1. The van der Waals surface area contributed by atoms with Crippen LogP contribution in [0.5, 0.6) is 11.5 Å². The van der Waals surface area contributed by atoms with E-state index in [2.05, 4.69) is 25.2 Å². The average molecular weight is 404 g/mol. The third kappa shape index (κ3) is 4.33. The summed E-state index contributed by atoms with van der Waals surface area (Å²) in [4.78, 5) is 4.16. The van der Waals surface area contributed by atoms with Gasteiger partial charge in [0.25, 0.3) is 0 Å². The molecule has 0 aliphatic heterocycles. The molecule has 0 radical (unpaired) electrons. The second kappa shape index (κ2) is 7.73. The van der Waals surface area contributed by atoms with Crippen LogP contribution in [0.3, 0.4) is 0 Å². The van der Waals surface area contributed by atoms with Crippen molar-refractivity contribution in [2.45, 2.75) is 44.5 Å². The predicted octanol–water partition coefficient (Wildman–Crippen LogP) is 5.04. The smallest absolute Gasteiger partial charge is 0.507 e. The Morgan fingerprint density at radius 3 is 2.55 bits per heavy atom. The number of halogens is 3. The third-order valence-corrected chi connectivity index (χ3v) is 4.99. The lowest BCUT2D eigenvalue weighted by molar-refractivity contribution is -0.274. The van der Waals surface area contributed by atoms with Gasteiger partial charge in [-0.25, -0.2) is 0 Å². The highest BCUT2D eigenvalue weighted by Gasteiger charge is 2.31. The summed E-state index contributed by atoms with van der Waals surface area (Å²) in [6, 6.07) is 5.43. The highest BCUT2D eigenvalue weighted by atomic mass is 19.4. The zero-order chi connectivity index (χ0) is 20.4.